The lowest BCUT2D eigenvalue weighted by molar-refractivity contribution is 0.353. The fraction of sp³-hybridized carbons (Fsp3) is 0.556. The Morgan fingerprint density at radius 1 is 1.13 bits per heavy atom. The third-order valence-corrected chi connectivity index (χ3v) is 2.58. The van der Waals surface area contributed by atoms with Gasteiger partial charge in [-0.05, 0) is 0 Å². The third kappa shape index (κ3) is 3.74. The highest BCUT2D eigenvalue weighted by Crippen LogP contribution is 2.18. The number of methoxy groups -OCH3 is 2. The van der Waals surface area contributed by atoms with Crippen molar-refractivity contribution >= 4 is 14.1 Å². The Bertz CT molecular complexity index is 316. The van der Waals surface area contributed by atoms with Crippen molar-refractivity contribution in [1.29, 1.82) is 0 Å². The van der Waals surface area contributed by atoms with Gasteiger partial charge in [-0.25, -0.2) is 0 Å². The standard InChI is InChI=1S/C9H17N3O2Si/c1-13-8-6-7(12-15(3,4)5)10-9(11-8)14-2/h6H,1-5H3,(H,10,11,12). The highest BCUT2D eigenvalue weighted by Gasteiger charge is 2.15. The SMILES string of the molecule is COc1cc(N[Si](C)(C)C)nc(OC)n1. The van der Waals surface area contributed by atoms with Crippen LogP contribution in [0, 0.1) is 0 Å². The molecule has 0 saturated heterocycles. The first-order valence-electron chi connectivity index (χ1n) is 4.70. The third-order valence-electron chi connectivity index (χ3n) is 1.58. The van der Waals surface area contributed by atoms with Crippen LogP contribution in [0.3, 0.4) is 0 Å². The van der Waals surface area contributed by atoms with E-state index in [1.165, 1.54) is 7.11 Å². The lowest BCUT2D eigenvalue weighted by Gasteiger charge is -2.19. The largest absolute Gasteiger partial charge is 0.481 e. The minimum absolute atomic E-state index is 0.315. The smallest absolute Gasteiger partial charge is 0.321 e. The van der Waals surface area contributed by atoms with Gasteiger partial charge in [-0.15, -0.1) is 0 Å². The molecule has 0 aromatic carbocycles. The topological polar surface area (TPSA) is 56.3 Å². The van der Waals surface area contributed by atoms with Gasteiger partial charge in [0.1, 0.15) is 14.1 Å². The van der Waals surface area contributed by atoms with Crippen molar-refractivity contribution in [1.82, 2.24) is 9.97 Å². The molecule has 0 aliphatic carbocycles. The molecule has 15 heavy (non-hydrogen) atoms. The first-order chi connectivity index (χ1) is 6.94. The summed E-state index contributed by atoms with van der Waals surface area (Å²) in [7, 11) is 1.68. The van der Waals surface area contributed by atoms with Gasteiger partial charge in [0.25, 0.3) is 0 Å². The second-order valence-electron chi connectivity index (χ2n) is 4.16. The monoisotopic (exact) mass is 227 g/mol. The van der Waals surface area contributed by atoms with E-state index in [9.17, 15) is 0 Å². The predicted octanol–water partition coefficient (Wildman–Crippen LogP) is 1.74. The van der Waals surface area contributed by atoms with Gasteiger partial charge < -0.3 is 14.5 Å². The Balaban J connectivity index is 2.97. The maximum Gasteiger partial charge on any atom is 0.321 e. The Morgan fingerprint density at radius 2 is 1.80 bits per heavy atom. The summed E-state index contributed by atoms with van der Waals surface area (Å²) in [5.74, 6) is 1.25. The molecule has 0 unspecified atom stereocenters. The Kier molecular flexibility index (Phi) is 3.51. The van der Waals surface area contributed by atoms with Gasteiger partial charge >= 0.3 is 6.01 Å². The average molecular weight is 227 g/mol. The number of aromatic nitrogens is 2. The van der Waals surface area contributed by atoms with E-state index >= 15 is 0 Å². The molecule has 84 valence electrons. The van der Waals surface area contributed by atoms with Crippen LogP contribution in [0.25, 0.3) is 0 Å². The maximum absolute atomic E-state index is 5.06. The first-order valence-corrected chi connectivity index (χ1v) is 8.20. The van der Waals surface area contributed by atoms with Crippen LogP contribution < -0.4 is 14.5 Å². The predicted molar refractivity (Wildman–Crippen MR) is 62.1 cm³/mol. The van der Waals surface area contributed by atoms with E-state index in [-0.39, 0.29) is 0 Å². The quantitative estimate of drug-likeness (QED) is 0.794. The normalized spacial score (nSPS) is 11.0. The van der Waals surface area contributed by atoms with Gasteiger partial charge in [-0.1, -0.05) is 19.6 Å². The molecule has 6 heteroatoms. The maximum atomic E-state index is 5.06. The summed E-state index contributed by atoms with van der Waals surface area (Å²) in [5.41, 5.74) is 0. The fourth-order valence-corrected chi connectivity index (χ4v) is 1.94. The summed E-state index contributed by atoms with van der Waals surface area (Å²) in [5, 5.41) is 0. The molecular formula is C9H17N3O2Si. The summed E-state index contributed by atoms with van der Waals surface area (Å²) in [4.78, 5) is 11.6. The van der Waals surface area contributed by atoms with Crippen LogP contribution in [0.4, 0.5) is 5.82 Å². The van der Waals surface area contributed by atoms with Crippen molar-refractivity contribution in [3.05, 3.63) is 6.07 Å². The van der Waals surface area contributed by atoms with Gasteiger partial charge in [0.15, 0.2) is 0 Å². The van der Waals surface area contributed by atoms with Gasteiger partial charge in [-0.3, -0.25) is 0 Å². The molecule has 0 aliphatic rings. The molecule has 1 heterocycles. The molecule has 0 atom stereocenters. The van der Waals surface area contributed by atoms with Crippen molar-refractivity contribution in [2.45, 2.75) is 19.6 Å². The summed E-state index contributed by atoms with van der Waals surface area (Å²) in [6.45, 7) is 6.57. The van der Waals surface area contributed by atoms with Crippen molar-refractivity contribution in [3.8, 4) is 11.9 Å². The highest BCUT2D eigenvalue weighted by molar-refractivity contribution is 6.79. The van der Waals surface area contributed by atoms with Crippen LogP contribution in [-0.2, 0) is 0 Å². The van der Waals surface area contributed by atoms with E-state index in [0.29, 0.717) is 11.9 Å². The molecule has 0 amide bonds. The van der Waals surface area contributed by atoms with Crippen LogP contribution in [0.1, 0.15) is 0 Å². The zero-order valence-corrected chi connectivity index (χ0v) is 10.8. The zero-order valence-electron chi connectivity index (χ0n) is 9.79. The van der Waals surface area contributed by atoms with E-state index < -0.39 is 8.24 Å². The number of ether oxygens (including phenoxy) is 2. The Hall–Kier alpha value is -1.30. The van der Waals surface area contributed by atoms with Crippen LogP contribution in [-0.4, -0.2) is 32.4 Å². The summed E-state index contributed by atoms with van der Waals surface area (Å²) in [6.07, 6.45) is 0. The van der Waals surface area contributed by atoms with Crippen LogP contribution in [0.5, 0.6) is 11.9 Å². The molecule has 0 radical (unpaired) electrons. The van der Waals surface area contributed by atoms with Gasteiger partial charge in [0, 0.05) is 6.07 Å². The van der Waals surface area contributed by atoms with E-state index in [4.69, 9.17) is 9.47 Å². The van der Waals surface area contributed by atoms with Crippen molar-refractivity contribution in [3.63, 3.8) is 0 Å². The number of hydrogen-bond acceptors (Lipinski definition) is 5. The number of nitrogens with one attached hydrogen (secondary N) is 1. The van der Waals surface area contributed by atoms with Crippen molar-refractivity contribution < 1.29 is 9.47 Å². The highest BCUT2D eigenvalue weighted by atomic mass is 28.3. The van der Waals surface area contributed by atoms with Crippen LogP contribution in [0.2, 0.25) is 19.6 Å². The lowest BCUT2D eigenvalue weighted by Crippen LogP contribution is -2.32. The summed E-state index contributed by atoms with van der Waals surface area (Å²) < 4.78 is 10.0. The molecule has 1 N–H and O–H groups in total. The second-order valence-corrected chi connectivity index (χ2v) is 8.91. The lowest BCUT2D eigenvalue weighted by atomic mass is 10.6. The molecule has 0 saturated carbocycles. The molecule has 0 aliphatic heterocycles. The molecule has 0 spiro atoms. The Labute approximate surface area is 90.9 Å². The number of rotatable bonds is 4. The molecular weight excluding hydrogens is 210 g/mol. The number of nitrogens with zero attached hydrogens (tertiary/aromatic N) is 2. The fourth-order valence-electron chi connectivity index (χ4n) is 1.05. The average Bonchev–Trinajstić information content (AvgIpc) is 2.14. The van der Waals surface area contributed by atoms with Gasteiger partial charge in [0.2, 0.25) is 5.88 Å². The van der Waals surface area contributed by atoms with Gasteiger partial charge in [-0.2, -0.15) is 9.97 Å². The van der Waals surface area contributed by atoms with E-state index in [2.05, 4.69) is 34.6 Å². The molecule has 1 rings (SSSR count). The van der Waals surface area contributed by atoms with E-state index in [1.54, 1.807) is 13.2 Å². The van der Waals surface area contributed by atoms with Crippen LogP contribution >= 0.6 is 0 Å². The molecule has 0 fully saturated rings. The molecule has 1 aromatic heterocycles. The number of anilines is 1. The second kappa shape index (κ2) is 4.48. The van der Waals surface area contributed by atoms with E-state index in [0.717, 1.165) is 5.82 Å². The van der Waals surface area contributed by atoms with Gasteiger partial charge in [0.05, 0.1) is 14.2 Å². The molecule has 1 aromatic rings. The minimum atomic E-state index is -1.42. The first kappa shape index (κ1) is 11.8. The Morgan fingerprint density at radius 3 is 2.27 bits per heavy atom. The van der Waals surface area contributed by atoms with Crippen molar-refractivity contribution in [2.24, 2.45) is 0 Å². The summed E-state index contributed by atoms with van der Waals surface area (Å²) >= 11 is 0. The minimum Gasteiger partial charge on any atom is -0.481 e. The molecule has 0 bridgehead atoms. The van der Waals surface area contributed by atoms with E-state index in [1.807, 2.05) is 0 Å². The molecule has 5 nitrogen and oxygen atoms in total. The summed E-state index contributed by atoms with van der Waals surface area (Å²) in [6, 6.07) is 2.08. The van der Waals surface area contributed by atoms with Crippen LogP contribution in [0.15, 0.2) is 6.07 Å². The number of hydrogen-bond donors (Lipinski definition) is 1. The van der Waals surface area contributed by atoms with Crippen molar-refractivity contribution in [2.75, 3.05) is 19.2 Å². The zero-order chi connectivity index (χ0) is 11.5.